The summed E-state index contributed by atoms with van der Waals surface area (Å²) in [5.74, 6) is 0.547. The van der Waals surface area contributed by atoms with Crippen LogP contribution in [-0.4, -0.2) is 9.75 Å². The number of nitrogens with zero attached hydrogens (tertiary/aromatic N) is 1. The Hall–Kier alpha value is -1.04. The molecule has 1 fully saturated rings. The van der Waals surface area contributed by atoms with Gasteiger partial charge in [-0.15, -0.1) is 0 Å². The predicted octanol–water partition coefficient (Wildman–Crippen LogP) is 4.25. The first kappa shape index (κ1) is 13.4. The number of non-ortho nitro benzene ring substituents is 1. The van der Waals surface area contributed by atoms with Gasteiger partial charge in [-0.05, 0) is 30.7 Å². The van der Waals surface area contributed by atoms with Crippen molar-refractivity contribution in [3.05, 3.63) is 39.4 Å². The molecule has 1 atom stereocenters. The molecule has 1 aliphatic rings. The zero-order valence-corrected chi connectivity index (χ0v) is 11.1. The summed E-state index contributed by atoms with van der Waals surface area (Å²) >= 11 is 3.49. The van der Waals surface area contributed by atoms with Crippen LogP contribution >= 0.6 is 15.9 Å². The van der Waals surface area contributed by atoms with Crippen LogP contribution in [0.25, 0.3) is 0 Å². The van der Waals surface area contributed by atoms with Crippen LogP contribution in [0.2, 0.25) is 0 Å². The lowest BCUT2D eigenvalue weighted by atomic mass is 10.0. The molecule has 3 nitrogen and oxygen atoms in total. The fraction of sp³-hybridized carbons (Fsp3) is 0.500. The van der Waals surface area contributed by atoms with Crippen molar-refractivity contribution in [3.63, 3.8) is 0 Å². The quantitative estimate of drug-likeness (QED) is 0.462. The Morgan fingerprint density at radius 3 is 2.61 bits per heavy atom. The highest BCUT2D eigenvalue weighted by Gasteiger charge is 2.30. The summed E-state index contributed by atoms with van der Waals surface area (Å²) in [6, 6.07) is 3.71. The Labute approximate surface area is 111 Å². The molecule has 0 radical (unpaired) electrons. The molecule has 0 heterocycles. The van der Waals surface area contributed by atoms with Crippen molar-refractivity contribution >= 4 is 21.6 Å². The SMILES string of the molecule is O=[N+]([O-])c1ccc(CC(Br)C2CC2)c(C(F)F)c1. The van der Waals surface area contributed by atoms with Crippen molar-refractivity contribution < 1.29 is 13.7 Å². The van der Waals surface area contributed by atoms with E-state index in [-0.39, 0.29) is 16.1 Å². The third kappa shape index (κ3) is 3.04. The maximum Gasteiger partial charge on any atom is 0.269 e. The monoisotopic (exact) mass is 319 g/mol. The minimum atomic E-state index is -2.68. The lowest BCUT2D eigenvalue weighted by Crippen LogP contribution is -2.08. The fourth-order valence-electron chi connectivity index (χ4n) is 1.92. The number of rotatable bonds is 5. The van der Waals surface area contributed by atoms with E-state index < -0.39 is 11.3 Å². The molecule has 0 aliphatic heterocycles. The van der Waals surface area contributed by atoms with Gasteiger partial charge in [0, 0.05) is 22.5 Å². The number of nitro benzene ring substituents is 1. The van der Waals surface area contributed by atoms with E-state index in [1.165, 1.54) is 12.1 Å². The number of alkyl halides is 3. The second kappa shape index (κ2) is 5.30. The third-order valence-electron chi connectivity index (χ3n) is 3.12. The Balaban J connectivity index is 2.24. The number of hydrogen-bond donors (Lipinski definition) is 0. The number of halogens is 3. The molecule has 0 aromatic heterocycles. The summed E-state index contributed by atoms with van der Waals surface area (Å²) in [4.78, 5) is 10.1. The molecule has 0 N–H and O–H groups in total. The Morgan fingerprint density at radius 1 is 1.44 bits per heavy atom. The van der Waals surface area contributed by atoms with Gasteiger partial charge in [-0.25, -0.2) is 8.78 Å². The maximum atomic E-state index is 12.9. The topological polar surface area (TPSA) is 43.1 Å². The molecule has 1 saturated carbocycles. The van der Waals surface area contributed by atoms with Gasteiger partial charge in [0.1, 0.15) is 0 Å². The lowest BCUT2D eigenvalue weighted by Gasteiger charge is -2.12. The second-order valence-corrected chi connectivity index (χ2v) is 5.67. The van der Waals surface area contributed by atoms with Crippen LogP contribution in [0.1, 0.15) is 30.4 Å². The van der Waals surface area contributed by atoms with Crippen molar-refractivity contribution in [3.8, 4) is 0 Å². The van der Waals surface area contributed by atoms with Gasteiger partial charge in [-0.3, -0.25) is 10.1 Å². The minimum Gasteiger partial charge on any atom is -0.258 e. The van der Waals surface area contributed by atoms with Crippen molar-refractivity contribution in [2.45, 2.75) is 30.5 Å². The molecule has 0 amide bonds. The molecule has 1 unspecified atom stereocenters. The van der Waals surface area contributed by atoms with E-state index in [9.17, 15) is 18.9 Å². The normalized spacial score (nSPS) is 16.9. The summed E-state index contributed by atoms with van der Waals surface area (Å²) in [6.07, 6.45) is 0.0427. The van der Waals surface area contributed by atoms with Gasteiger partial charge in [0.25, 0.3) is 12.1 Å². The summed E-state index contributed by atoms with van der Waals surface area (Å²) in [5.41, 5.74) is -0.0229. The average Bonchev–Trinajstić information content (AvgIpc) is 3.12. The molecule has 98 valence electrons. The van der Waals surface area contributed by atoms with E-state index in [1.54, 1.807) is 0 Å². The average molecular weight is 320 g/mol. The number of nitro groups is 1. The predicted molar refractivity (Wildman–Crippen MR) is 67.2 cm³/mol. The highest BCUT2D eigenvalue weighted by molar-refractivity contribution is 9.09. The van der Waals surface area contributed by atoms with Gasteiger partial charge in [0.2, 0.25) is 0 Å². The van der Waals surface area contributed by atoms with Crippen LogP contribution in [0.5, 0.6) is 0 Å². The lowest BCUT2D eigenvalue weighted by molar-refractivity contribution is -0.385. The van der Waals surface area contributed by atoms with Crippen molar-refractivity contribution in [2.24, 2.45) is 5.92 Å². The van der Waals surface area contributed by atoms with E-state index >= 15 is 0 Å². The molecule has 0 spiro atoms. The molecule has 0 saturated heterocycles. The smallest absolute Gasteiger partial charge is 0.258 e. The highest BCUT2D eigenvalue weighted by atomic mass is 79.9. The first-order chi connectivity index (χ1) is 8.49. The fourth-order valence-corrected chi connectivity index (χ4v) is 2.80. The van der Waals surface area contributed by atoms with Crippen LogP contribution < -0.4 is 0 Å². The van der Waals surface area contributed by atoms with Crippen LogP contribution in [0.4, 0.5) is 14.5 Å². The van der Waals surface area contributed by atoms with E-state index in [4.69, 9.17) is 0 Å². The number of hydrogen-bond acceptors (Lipinski definition) is 2. The van der Waals surface area contributed by atoms with E-state index in [0.29, 0.717) is 17.9 Å². The van der Waals surface area contributed by atoms with Gasteiger partial charge in [-0.1, -0.05) is 22.0 Å². The second-order valence-electron chi connectivity index (χ2n) is 4.50. The Morgan fingerprint density at radius 2 is 2.11 bits per heavy atom. The molecular formula is C12H12BrF2NO2. The molecule has 1 aromatic carbocycles. The van der Waals surface area contributed by atoms with Gasteiger partial charge < -0.3 is 0 Å². The van der Waals surface area contributed by atoms with Crippen molar-refractivity contribution in [2.75, 3.05) is 0 Å². The summed E-state index contributed by atoms with van der Waals surface area (Å²) in [6.45, 7) is 0. The zero-order valence-electron chi connectivity index (χ0n) is 9.48. The van der Waals surface area contributed by atoms with E-state index in [1.807, 2.05) is 0 Å². The van der Waals surface area contributed by atoms with Crippen molar-refractivity contribution in [1.82, 2.24) is 0 Å². The maximum absolute atomic E-state index is 12.9. The summed E-state index contributed by atoms with van der Waals surface area (Å²) < 4.78 is 25.8. The molecule has 6 heteroatoms. The van der Waals surface area contributed by atoms with Crippen LogP contribution in [0.3, 0.4) is 0 Å². The number of benzene rings is 1. The molecule has 0 bridgehead atoms. The van der Waals surface area contributed by atoms with Crippen LogP contribution in [-0.2, 0) is 6.42 Å². The van der Waals surface area contributed by atoms with Crippen LogP contribution in [0, 0.1) is 16.0 Å². The van der Waals surface area contributed by atoms with Crippen molar-refractivity contribution in [1.29, 1.82) is 0 Å². The van der Waals surface area contributed by atoms with Gasteiger partial charge >= 0.3 is 0 Å². The van der Waals surface area contributed by atoms with Crippen LogP contribution in [0.15, 0.2) is 18.2 Å². The summed E-state index contributed by atoms with van der Waals surface area (Å²) in [5, 5.41) is 10.6. The molecule has 2 rings (SSSR count). The first-order valence-electron chi connectivity index (χ1n) is 5.68. The molecule has 1 aromatic rings. The molecule has 18 heavy (non-hydrogen) atoms. The van der Waals surface area contributed by atoms with E-state index in [2.05, 4.69) is 15.9 Å². The third-order valence-corrected chi connectivity index (χ3v) is 4.20. The van der Waals surface area contributed by atoms with Gasteiger partial charge in [0.05, 0.1) is 4.92 Å². The zero-order chi connectivity index (χ0) is 13.3. The van der Waals surface area contributed by atoms with Gasteiger partial charge in [-0.2, -0.15) is 0 Å². The van der Waals surface area contributed by atoms with E-state index in [0.717, 1.165) is 18.9 Å². The summed E-state index contributed by atoms with van der Waals surface area (Å²) in [7, 11) is 0. The Kier molecular flexibility index (Phi) is 3.94. The minimum absolute atomic E-state index is 0.177. The molecular weight excluding hydrogens is 308 g/mol. The van der Waals surface area contributed by atoms with Gasteiger partial charge in [0.15, 0.2) is 0 Å². The largest absolute Gasteiger partial charge is 0.269 e. The first-order valence-corrected chi connectivity index (χ1v) is 6.60. The highest BCUT2D eigenvalue weighted by Crippen LogP contribution is 2.39. The standard InChI is InChI=1S/C12H12BrF2NO2/c13-11(7-1-2-7)5-8-3-4-9(16(17)18)6-10(8)12(14)15/h3-4,6-7,11-12H,1-2,5H2. The molecule has 1 aliphatic carbocycles. The Bertz CT molecular complexity index is 463.